The van der Waals surface area contributed by atoms with Gasteiger partial charge in [-0.15, -0.1) is 0 Å². The van der Waals surface area contributed by atoms with Crippen LogP contribution in [-0.4, -0.2) is 53.2 Å². The van der Waals surface area contributed by atoms with Crippen LogP contribution in [0.1, 0.15) is 37.4 Å². The van der Waals surface area contributed by atoms with Gasteiger partial charge in [-0.1, -0.05) is 12.1 Å². The Labute approximate surface area is 159 Å². The minimum absolute atomic E-state index is 0.140. The largest absolute Gasteiger partial charge is 0.342 e. The summed E-state index contributed by atoms with van der Waals surface area (Å²) in [6.45, 7) is 5.49. The van der Waals surface area contributed by atoms with Gasteiger partial charge in [-0.05, 0) is 45.2 Å². The van der Waals surface area contributed by atoms with Crippen molar-refractivity contribution in [3.8, 4) is 0 Å². The Morgan fingerprint density at radius 2 is 2.11 bits per heavy atom. The average molecular weight is 369 g/mol. The van der Waals surface area contributed by atoms with E-state index in [2.05, 4.69) is 22.2 Å². The molecule has 0 saturated carbocycles. The number of fused-ring (bicyclic) bond motifs is 1. The monoisotopic (exact) mass is 369 g/mol. The fraction of sp³-hybridized carbons (Fsp3) is 0.550. The van der Waals surface area contributed by atoms with E-state index in [1.807, 2.05) is 23.1 Å². The number of anilines is 1. The van der Waals surface area contributed by atoms with Gasteiger partial charge in [-0.25, -0.2) is 0 Å². The molecule has 0 radical (unpaired) electrons. The van der Waals surface area contributed by atoms with Gasteiger partial charge in [0.1, 0.15) is 5.52 Å². The molecule has 2 amide bonds. The van der Waals surface area contributed by atoms with Crippen molar-refractivity contribution in [2.24, 2.45) is 5.92 Å². The quantitative estimate of drug-likeness (QED) is 0.809. The number of carbonyl (C=O) groups excluding carboxylic acids is 2. The SMILES string of the molecule is Cc1c2cccc(NC=O)c2nn1C1CCN(C(=O)C2CCCNC2)CC1. The molecule has 4 rings (SSSR count). The molecule has 144 valence electrons. The van der Waals surface area contributed by atoms with Crippen LogP contribution < -0.4 is 10.6 Å². The number of nitrogens with zero attached hydrogens (tertiary/aromatic N) is 3. The number of carbonyl (C=O) groups is 2. The van der Waals surface area contributed by atoms with Crippen LogP contribution in [0.2, 0.25) is 0 Å². The van der Waals surface area contributed by atoms with E-state index < -0.39 is 0 Å². The van der Waals surface area contributed by atoms with Crippen LogP contribution in [0.25, 0.3) is 10.9 Å². The smallest absolute Gasteiger partial charge is 0.226 e. The maximum atomic E-state index is 12.7. The third-order valence-electron chi connectivity index (χ3n) is 5.96. The Balaban J connectivity index is 1.48. The predicted octanol–water partition coefficient (Wildman–Crippen LogP) is 2.08. The summed E-state index contributed by atoms with van der Waals surface area (Å²) >= 11 is 0. The van der Waals surface area contributed by atoms with E-state index in [9.17, 15) is 9.59 Å². The molecule has 0 aliphatic carbocycles. The highest BCUT2D eigenvalue weighted by atomic mass is 16.2. The molecule has 7 nitrogen and oxygen atoms in total. The number of nitrogens with one attached hydrogen (secondary N) is 2. The number of hydrogen-bond donors (Lipinski definition) is 2. The Kier molecular flexibility index (Phi) is 5.11. The molecule has 2 N–H and O–H groups in total. The molecular formula is C20H27N5O2. The maximum absolute atomic E-state index is 12.7. The summed E-state index contributed by atoms with van der Waals surface area (Å²) in [5.74, 6) is 0.446. The minimum Gasteiger partial charge on any atom is -0.342 e. The summed E-state index contributed by atoms with van der Waals surface area (Å²) in [6.07, 6.45) is 4.60. The minimum atomic E-state index is 0.140. The first kappa shape index (κ1) is 18.0. The van der Waals surface area contributed by atoms with E-state index in [1.54, 1.807) is 0 Å². The topological polar surface area (TPSA) is 79.3 Å². The van der Waals surface area contributed by atoms with Gasteiger partial charge in [0.05, 0.1) is 17.6 Å². The summed E-state index contributed by atoms with van der Waals surface area (Å²) < 4.78 is 2.09. The molecule has 2 aromatic rings. The van der Waals surface area contributed by atoms with Crippen molar-refractivity contribution < 1.29 is 9.59 Å². The van der Waals surface area contributed by atoms with Crippen LogP contribution in [0.4, 0.5) is 5.69 Å². The van der Waals surface area contributed by atoms with Gasteiger partial charge in [0, 0.05) is 30.7 Å². The molecule has 2 aliphatic heterocycles. The van der Waals surface area contributed by atoms with Crippen LogP contribution in [0.5, 0.6) is 0 Å². The average Bonchev–Trinajstić information content (AvgIpc) is 3.06. The lowest BCUT2D eigenvalue weighted by Gasteiger charge is -2.35. The van der Waals surface area contributed by atoms with Crippen molar-refractivity contribution in [1.82, 2.24) is 20.0 Å². The van der Waals surface area contributed by atoms with Crippen molar-refractivity contribution in [3.05, 3.63) is 23.9 Å². The van der Waals surface area contributed by atoms with Gasteiger partial charge in [0.25, 0.3) is 0 Å². The van der Waals surface area contributed by atoms with Gasteiger partial charge in [0.15, 0.2) is 0 Å². The molecule has 0 bridgehead atoms. The predicted molar refractivity (Wildman–Crippen MR) is 105 cm³/mol. The molecule has 1 aromatic carbocycles. The van der Waals surface area contributed by atoms with Crippen molar-refractivity contribution >= 4 is 28.9 Å². The number of benzene rings is 1. The van der Waals surface area contributed by atoms with Crippen LogP contribution in [-0.2, 0) is 9.59 Å². The number of piperidine rings is 2. The second-order valence-corrected chi connectivity index (χ2v) is 7.59. The number of likely N-dealkylation sites (tertiary alicyclic amines) is 1. The number of rotatable bonds is 4. The number of aromatic nitrogens is 2. The van der Waals surface area contributed by atoms with Crippen LogP contribution >= 0.6 is 0 Å². The Morgan fingerprint density at radius 3 is 2.81 bits per heavy atom. The second-order valence-electron chi connectivity index (χ2n) is 7.59. The van der Waals surface area contributed by atoms with Crippen LogP contribution in [0.15, 0.2) is 18.2 Å². The van der Waals surface area contributed by atoms with Crippen molar-refractivity contribution in [2.75, 3.05) is 31.5 Å². The third kappa shape index (κ3) is 3.43. The van der Waals surface area contributed by atoms with E-state index in [0.717, 1.165) is 74.1 Å². The Morgan fingerprint density at radius 1 is 1.30 bits per heavy atom. The molecule has 27 heavy (non-hydrogen) atoms. The van der Waals surface area contributed by atoms with Crippen LogP contribution in [0.3, 0.4) is 0 Å². The molecule has 1 unspecified atom stereocenters. The maximum Gasteiger partial charge on any atom is 0.226 e. The lowest BCUT2D eigenvalue weighted by Crippen LogP contribution is -2.46. The van der Waals surface area contributed by atoms with Crippen LogP contribution in [0, 0.1) is 12.8 Å². The Bertz CT molecular complexity index is 832. The first-order valence-electron chi connectivity index (χ1n) is 9.86. The normalized spacial score (nSPS) is 21.4. The van der Waals surface area contributed by atoms with E-state index in [0.29, 0.717) is 12.3 Å². The highest BCUT2D eigenvalue weighted by Gasteiger charge is 2.30. The standard InChI is InChI=1S/C20H27N5O2/c1-14-17-5-2-6-18(22-13-26)19(17)23-25(14)16-7-10-24(11-8-16)20(27)15-4-3-9-21-12-15/h2,5-6,13,15-16,21H,3-4,7-12H2,1H3,(H,22,26). The molecule has 2 aliphatic rings. The molecular weight excluding hydrogens is 342 g/mol. The summed E-state index contributed by atoms with van der Waals surface area (Å²) in [7, 11) is 0. The fourth-order valence-corrected chi connectivity index (χ4v) is 4.44. The second kappa shape index (κ2) is 7.68. The molecule has 2 saturated heterocycles. The van der Waals surface area contributed by atoms with Gasteiger partial charge in [-0.2, -0.15) is 5.10 Å². The van der Waals surface area contributed by atoms with Crippen molar-refractivity contribution in [3.63, 3.8) is 0 Å². The molecule has 0 spiro atoms. The van der Waals surface area contributed by atoms with Gasteiger partial charge < -0.3 is 15.5 Å². The summed E-state index contributed by atoms with van der Waals surface area (Å²) in [4.78, 5) is 25.6. The Hall–Kier alpha value is -2.41. The van der Waals surface area contributed by atoms with Gasteiger partial charge in [-0.3, -0.25) is 14.3 Å². The van der Waals surface area contributed by atoms with Crippen molar-refractivity contribution in [2.45, 2.75) is 38.6 Å². The molecule has 3 heterocycles. The van der Waals surface area contributed by atoms with E-state index >= 15 is 0 Å². The molecule has 1 atom stereocenters. The van der Waals surface area contributed by atoms with E-state index in [-0.39, 0.29) is 12.0 Å². The molecule has 7 heteroatoms. The zero-order valence-electron chi connectivity index (χ0n) is 15.8. The number of hydrogen-bond acceptors (Lipinski definition) is 4. The number of aryl methyl sites for hydroxylation is 1. The zero-order chi connectivity index (χ0) is 18.8. The fourth-order valence-electron chi connectivity index (χ4n) is 4.44. The summed E-state index contributed by atoms with van der Waals surface area (Å²) in [5.41, 5.74) is 2.68. The first-order valence-corrected chi connectivity index (χ1v) is 9.86. The van der Waals surface area contributed by atoms with E-state index in [1.165, 1.54) is 0 Å². The highest BCUT2D eigenvalue weighted by molar-refractivity contribution is 5.95. The summed E-state index contributed by atoms with van der Waals surface area (Å²) in [5, 5.41) is 11.9. The lowest BCUT2D eigenvalue weighted by atomic mass is 9.96. The lowest BCUT2D eigenvalue weighted by molar-refractivity contribution is -0.137. The van der Waals surface area contributed by atoms with Gasteiger partial charge in [0.2, 0.25) is 12.3 Å². The van der Waals surface area contributed by atoms with E-state index in [4.69, 9.17) is 5.10 Å². The van der Waals surface area contributed by atoms with Gasteiger partial charge >= 0.3 is 0 Å². The van der Waals surface area contributed by atoms with Crippen molar-refractivity contribution in [1.29, 1.82) is 0 Å². The zero-order valence-corrected chi connectivity index (χ0v) is 15.8. The summed E-state index contributed by atoms with van der Waals surface area (Å²) in [6, 6.07) is 6.13. The molecule has 1 aromatic heterocycles. The molecule has 2 fully saturated rings. The first-order chi connectivity index (χ1) is 13.2. The highest BCUT2D eigenvalue weighted by Crippen LogP contribution is 2.31. The third-order valence-corrected chi connectivity index (χ3v) is 5.96. The number of amides is 2.